The van der Waals surface area contributed by atoms with Crippen LogP contribution >= 0.6 is 12.2 Å². The minimum atomic E-state index is -0.333. The standard InChI is InChI=1S/C24H30N4O3S/c1-17(2)16-31-19-10-8-18(9-11-19)22(29)26-24(32)25-21-7-5-4-6-20(21)23(30)28-14-12-27(3)13-15-28/h4-11,17H,12-16H2,1-3H3,(H2,25,26,29,32). The number of ether oxygens (including phenoxy) is 1. The van der Waals surface area contributed by atoms with Crippen molar-refractivity contribution in [3.8, 4) is 5.75 Å². The van der Waals surface area contributed by atoms with E-state index in [1.165, 1.54) is 0 Å². The Morgan fingerprint density at radius 3 is 2.34 bits per heavy atom. The van der Waals surface area contributed by atoms with Gasteiger partial charge in [0.05, 0.1) is 17.9 Å². The number of para-hydroxylation sites is 1. The van der Waals surface area contributed by atoms with Gasteiger partial charge >= 0.3 is 0 Å². The lowest BCUT2D eigenvalue weighted by atomic mass is 10.1. The minimum absolute atomic E-state index is 0.0488. The summed E-state index contributed by atoms with van der Waals surface area (Å²) in [6.45, 7) is 7.82. The van der Waals surface area contributed by atoms with Gasteiger partial charge in [0.2, 0.25) is 0 Å². The fourth-order valence-electron chi connectivity index (χ4n) is 3.25. The van der Waals surface area contributed by atoms with Crippen molar-refractivity contribution in [2.75, 3.05) is 45.2 Å². The van der Waals surface area contributed by atoms with Crippen molar-refractivity contribution < 1.29 is 14.3 Å². The summed E-state index contributed by atoms with van der Waals surface area (Å²) in [7, 11) is 2.05. The van der Waals surface area contributed by atoms with E-state index in [0.717, 1.165) is 13.1 Å². The number of thiocarbonyl (C=S) groups is 1. The van der Waals surface area contributed by atoms with E-state index < -0.39 is 0 Å². The molecule has 2 aromatic rings. The summed E-state index contributed by atoms with van der Waals surface area (Å²) in [5, 5.41) is 5.81. The molecule has 7 nitrogen and oxygen atoms in total. The first-order valence-electron chi connectivity index (χ1n) is 10.8. The molecule has 0 atom stereocenters. The van der Waals surface area contributed by atoms with Gasteiger partial charge in [0.1, 0.15) is 5.75 Å². The highest BCUT2D eigenvalue weighted by Crippen LogP contribution is 2.19. The number of carbonyl (C=O) groups excluding carboxylic acids is 2. The topological polar surface area (TPSA) is 73.9 Å². The molecule has 8 heteroatoms. The highest BCUT2D eigenvalue weighted by molar-refractivity contribution is 7.80. The maximum absolute atomic E-state index is 13.0. The number of likely N-dealkylation sites (N-methyl/N-ethyl adjacent to an activating group) is 1. The SMILES string of the molecule is CC(C)COc1ccc(C(=O)NC(=S)Nc2ccccc2C(=O)N2CCN(C)CC2)cc1. The maximum atomic E-state index is 13.0. The molecule has 0 saturated carbocycles. The predicted molar refractivity (Wildman–Crippen MR) is 130 cm³/mol. The van der Waals surface area contributed by atoms with E-state index in [2.05, 4.69) is 29.4 Å². The van der Waals surface area contributed by atoms with Gasteiger partial charge in [-0.3, -0.25) is 14.9 Å². The third kappa shape index (κ3) is 6.51. The van der Waals surface area contributed by atoms with Crippen LogP contribution in [-0.4, -0.2) is 66.6 Å². The monoisotopic (exact) mass is 454 g/mol. The molecular formula is C24H30N4O3S. The van der Waals surface area contributed by atoms with Gasteiger partial charge < -0.3 is 19.9 Å². The van der Waals surface area contributed by atoms with E-state index in [0.29, 0.717) is 48.2 Å². The molecule has 170 valence electrons. The van der Waals surface area contributed by atoms with Gasteiger partial charge in [-0.15, -0.1) is 0 Å². The van der Waals surface area contributed by atoms with Crippen LogP contribution in [0.25, 0.3) is 0 Å². The Kier molecular flexibility index (Phi) is 8.19. The van der Waals surface area contributed by atoms with Crippen LogP contribution in [0.4, 0.5) is 5.69 Å². The number of hydrogen-bond acceptors (Lipinski definition) is 5. The average Bonchev–Trinajstić information content (AvgIpc) is 2.78. The number of piperazine rings is 1. The Balaban J connectivity index is 1.60. The Bertz CT molecular complexity index is 954. The van der Waals surface area contributed by atoms with Gasteiger partial charge in [0.15, 0.2) is 5.11 Å². The van der Waals surface area contributed by atoms with Gasteiger partial charge in [-0.1, -0.05) is 26.0 Å². The van der Waals surface area contributed by atoms with Crippen LogP contribution in [0.1, 0.15) is 34.6 Å². The van der Waals surface area contributed by atoms with E-state index in [-0.39, 0.29) is 16.9 Å². The Morgan fingerprint density at radius 2 is 1.69 bits per heavy atom. The number of benzene rings is 2. The molecule has 0 aliphatic carbocycles. The molecular weight excluding hydrogens is 424 g/mol. The van der Waals surface area contributed by atoms with Gasteiger partial charge in [0, 0.05) is 31.7 Å². The molecule has 0 aromatic heterocycles. The van der Waals surface area contributed by atoms with Crippen LogP contribution in [0.3, 0.4) is 0 Å². The predicted octanol–water partition coefficient (Wildman–Crippen LogP) is 3.24. The molecule has 2 aromatic carbocycles. The smallest absolute Gasteiger partial charge is 0.257 e. The van der Waals surface area contributed by atoms with Gasteiger partial charge in [-0.05, 0) is 61.6 Å². The van der Waals surface area contributed by atoms with E-state index >= 15 is 0 Å². The number of nitrogens with zero attached hydrogens (tertiary/aromatic N) is 2. The molecule has 1 aliphatic heterocycles. The van der Waals surface area contributed by atoms with Crippen LogP contribution in [0.5, 0.6) is 5.75 Å². The summed E-state index contributed by atoms with van der Waals surface area (Å²) in [6, 6.07) is 14.1. The molecule has 0 unspecified atom stereocenters. The van der Waals surface area contributed by atoms with Crippen molar-refractivity contribution in [3.05, 3.63) is 59.7 Å². The first-order chi connectivity index (χ1) is 15.3. The zero-order valence-corrected chi connectivity index (χ0v) is 19.6. The largest absolute Gasteiger partial charge is 0.493 e. The molecule has 2 amide bonds. The van der Waals surface area contributed by atoms with Crippen LogP contribution in [0.15, 0.2) is 48.5 Å². The molecule has 32 heavy (non-hydrogen) atoms. The number of hydrogen-bond donors (Lipinski definition) is 2. The van der Waals surface area contributed by atoms with Crippen LogP contribution in [-0.2, 0) is 0 Å². The normalized spacial score (nSPS) is 14.2. The third-order valence-corrected chi connectivity index (χ3v) is 5.33. The third-order valence-electron chi connectivity index (χ3n) is 5.12. The van der Waals surface area contributed by atoms with Gasteiger partial charge in [-0.25, -0.2) is 0 Å². The average molecular weight is 455 g/mol. The number of nitrogens with one attached hydrogen (secondary N) is 2. The summed E-state index contributed by atoms with van der Waals surface area (Å²) in [5.41, 5.74) is 1.56. The van der Waals surface area contributed by atoms with E-state index in [1.807, 2.05) is 24.1 Å². The molecule has 0 spiro atoms. The molecule has 1 heterocycles. The second-order valence-corrected chi connectivity index (χ2v) is 8.69. The Labute approximate surface area is 194 Å². The molecule has 1 saturated heterocycles. The van der Waals surface area contributed by atoms with Crippen molar-refractivity contribution in [2.24, 2.45) is 5.92 Å². The highest BCUT2D eigenvalue weighted by Gasteiger charge is 2.22. The lowest BCUT2D eigenvalue weighted by molar-refractivity contribution is 0.0665. The minimum Gasteiger partial charge on any atom is -0.493 e. The first kappa shape index (κ1) is 23.7. The number of anilines is 1. The molecule has 1 aliphatic rings. The summed E-state index contributed by atoms with van der Waals surface area (Å²) in [5.74, 6) is 0.757. The molecule has 0 bridgehead atoms. The lowest BCUT2D eigenvalue weighted by Gasteiger charge is -2.32. The van der Waals surface area contributed by atoms with Crippen LogP contribution < -0.4 is 15.4 Å². The van der Waals surface area contributed by atoms with E-state index in [1.54, 1.807) is 36.4 Å². The molecule has 2 N–H and O–H groups in total. The summed E-state index contributed by atoms with van der Waals surface area (Å²) in [6.07, 6.45) is 0. The molecule has 0 radical (unpaired) electrons. The van der Waals surface area contributed by atoms with Crippen molar-refractivity contribution >= 4 is 34.8 Å². The quantitative estimate of drug-likeness (QED) is 0.653. The van der Waals surface area contributed by atoms with Crippen molar-refractivity contribution in [2.45, 2.75) is 13.8 Å². The van der Waals surface area contributed by atoms with Crippen LogP contribution in [0.2, 0.25) is 0 Å². The lowest BCUT2D eigenvalue weighted by Crippen LogP contribution is -2.47. The Hall–Kier alpha value is -2.97. The number of amides is 2. The summed E-state index contributed by atoms with van der Waals surface area (Å²) >= 11 is 5.33. The first-order valence-corrected chi connectivity index (χ1v) is 11.2. The fraction of sp³-hybridized carbons (Fsp3) is 0.375. The maximum Gasteiger partial charge on any atom is 0.257 e. The summed E-state index contributed by atoms with van der Waals surface area (Å²) in [4.78, 5) is 29.6. The molecule has 1 fully saturated rings. The number of rotatable bonds is 6. The van der Waals surface area contributed by atoms with Crippen LogP contribution in [0, 0.1) is 5.92 Å². The fourth-order valence-corrected chi connectivity index (χ4v) is 3.46. The van der Waals surface area contributed by atoms with Crippen molar-refractivity contribution in [1.82, 2.24) is 15.1 Å². The van der Waals surface area contributed by atoms with Crippen molar-refractivity contribution in [1.29, 1.82) is 0 Å². The second kappa shape index (κ2) is 11.1. The second-order valence-electron chi connectivity index (χ2n) is 8.28. The van der Waals surface area contributed by atoms with Gasteiger partial charge in [-0.2, -0.15) is 0 Å². The van der Waals surface area contributed by atoms with E-state index in [4.69, 9.17) is 17.0 Å². The van der Waals surface area contributed by atoms with Crippen molar-refractivity contribution in [3.63, 3.8) is 0 Å². The zero-order chi connectivity index (χ0) is 23.1. The Morgan fingerprint density at radius 1 is 1.03 bits per heavy atom. The number of carbonyl (C=O) groups is 2. The van der Waals surface area contributed by atoms with E-state index in [9.17, 15) is 9.59 Å². The molecule has 3 rings (SSSR count). The van der Waals surface area contributed by atoms with Gasteiger partial charge in [0.25, 0.3) is 11.8 Å². The zero-order valence-electron chi connectivity index (χ0n) is 18.8. The summed E-state index contributed by atoms with van der Waals surface area (Å²) < 4.78 is 5.65. The highest BCUT2D eigenvalue weighted by atomic mass is 32.1.